The lowest BCUT2D eigenvalue weighted by Crippen LogP contribution is -2.62. The van der Waals surface area contributed by atoms with E-state index >= 15 is 0 Å². The van der Waals surface area contributed by atoms with E-state index in [2.05, 4.69) is 12.4 Å². The van der Waals surface area contributed by atoms with Crippen LogP contribution >= 0.6 is 0 Å². The molecule has 234 valence electrons. The number of likely N-dealkylation sites (N-methyl/N-ethyl adjacent to an activating group) is 1. The number of rotatable bonds is 9. The highest BCUT2D eigenvalue weighted by Crippen LogP contribution is 2.34. The molecule has 1 unspecified atom stereocenters. The molecule has 0 saturated carbocycles. The number of quaternary nitrogens is 1. The Hall–Kier alpha value is -4.33. The molecule has 3 atom stereocenters. The highest BCUT2D eigenvalue weighted by molar-refractivity contribution is 7.86. The molecule has 0 radical (unpaired) electrons. The predicted molar refractivity (Wildman–Crippen MR) is 163 cm³/mol. The number of hydrogen-bond donors (Lipinski definition) is 3. The monoisotopic (exact) mass is 625 g/mol. The maximum atomic E-state index is 13.9. The fourth-order valence-electron chi connectivity index (χ4n) is 5.78. The van der Waals surface area contributed by atoms with Gasteiger partial charge in [0.25, 0.3) is 0 Å². The van der Waals surface area contributed by atoms with Gasteiger partial charge in [0, 0.05) is 11.3 Å². The van der Waals surface area contributed by atoms with Gasteiger partial charge in [-0.3, -0.25) is 9.69 Å². The number of fused-ring (bicyclic) bond motifs is 1. The average molecular weight is 626 g/mol. The largest absolute Gasteiger partial charge is 0.508 e. The fourth-order valence-corrected chi connectivity index (χ4v) is 6.25. The van der Waals surface area contributed by atoms with Gasteiger partial charge in [0.05, 0.1) is 31.9 Å². The van der Waals surface area contributed by atoms with Crippen LogP contribution in [0.25, 0.3) is 0 Å². The van der Waals surface area contributed by atoms with Crippen LogP contribution in [0.4, 0.5) is 10.5 Å². The molecular formula is C31H37N4O8S+. The fraction of sp³-hybridized carbons (Fsp3) is 0.355. The molecule has 3 aromatic rings. The van der Waals surface area contributed by atoms with Crippen molar-refractivity contribution in [2.24, 2.45) is 5.73 Å². The first kappa shape index (κ1) is 31.1. The van der Waals surface area contributed by atoms with Crippen LogP contribution in [0.1, 0.15) is 24.0 Å². The molecule has 44 heavy (non-hydrogen) atoms. The normalized spacial score (nSPS) is 20.0. The van der Waals surface area contributed by atoms with Crippen LogP contribution < -0.4 is 24.7 Å². The van der Waals surface area contributed by atoms with E-state index in [1.165, 1.54) is 41.3 Å². The molecule has 3 aromatic carbocycles. The lowest BCUT2D eigenvalue weighted by molar-refractivity contribution is -0.928. The maximum absolute atomic E-state index is 13.9. The van der Waals surface area contributed by atoms with Gasteiger partial charge in [-0.05, 0) is 79.4 Å². The third-order valence-corrected chi connectivity index (χ3v) is 8.27. The number of amides is 3. The number of phenolic OH excluding ortho intramolecular Hbond substituents is 1. The average Bonchev–Trinajstić information content (AvgIpc) is 3.42. The van der Waals surface area contributed by atoms with Gasteiger partial charge < -0.3 is 34.3 Å². The SMILES string of the molecule is C[N+]1(Cc2ccc3c(c2)OCO3)CCC[C@H](N(C(=O)Nc2ccc(OS(C)(=O)=O)cc2)C(=O)[C@@H](N)Cc2ccc(O)cc2)C1. The minimum absolute atomic E-state index is 0.0956. The Kier molecular flexibility index (Phi) is 9.00. The smallest absolute Gasteiger partial charge is 0.329 e. The van der Waals surface area contributed by atoms with Crippen molar-refractivity contribution in [1.29, 1.82) is 0 Å². The standard InChI is InChI=1S/C31H36N4O8S/c1-35(18-22-7-14-28-29(17-22)42-20-41-28)15-3-4-24(19-35)34(30(37)27(32)16-21-5-10-25(36)11-6-21)31(38)33-23-8-12-26(13-9-23)43-44(2,39)40/h5-14,17,24,27H,3-4,15-16,18-20,32H2,1-2H3,(H-,33,36,38)/p+1/t24-,27-,35?/m0/s1. The minimum atomic E-state index is -3.71. The summed E-state index contributed by atoms with van der Waals surface area (Å²) in [6.07, 6.45) is 2.52. The van der Waals surface area contributed by atoms with Gasteiger partial charge in [-0.2, -0.15) is 8.42 Å². The van der Waals surface area contributed by atoms with Gasteiger partial charge in [-0.15, -0.1) is 0 Å². The number of carbonyl (C=O) groups excluding carboxylic acids is 2. The molecule has 0 bridgehead atoms. The summed E-state index contributed by atoms with van der Waals surface area (Å²) in [5.74, 6) is 1.09. The molecule has 0 spiro atoms. The van der Waals surface area contributed by atoms with E-state index in [1.54, 1.807) is 12.1 Å². The Morgan fingerprint density at radius 1 is 1.07 bits per heavy atom. The van der Waals surface area contributed by atoms with Crippen LogP contribution in [0.15, 0.2) is 66.7 Å². The number of nitrogens with one attached hydrogen (secondary N) is 1. The second-order valence-corrected chi connectivity index (χ2v) is 13.2. The molecule has 2 heterocycles. The number of phenols is 1. The minimum Gasteiger partial charge on any atom is -0.508 e. The van der Waals surface area contributed by atoms with Gasteiger partial charge in [0.1, 0.15) is 24.6 Å². The summed E-state index contributed by atoms with van der Waals surface area (Å²) in [7, 11) is -1.60. The summed E-state index contributed by atoms with van der Waals surface area (Å²) in [6, 6.07) is 16.0. The van der Waals surface area contributed by atoms with Crippen LogP contribution in [0, 0.1) is 0 Å². The Morgan fingerprint density at radius 3 is 2.45 bits per heavy atom. The number of ether oxygens (including phenoxy) is 2. The predicted octanol–water partition coefficient (Wildman–Crippen LogP) is 3.20. The molecule has 3 amide bonds. The summed E-state index contributed by atoms with van der Waals surface area (Å²) < 4.78 is 39.4. The van der Waals surface area contributed by atoms with Gasteiger partial charge in [0.2, 0.25) is 12.7 Å². The Bertz CT molecular complexity index is 1610. The van der Waals surface area contributed by atoms with Crippen LogP contribution in [0.5, 0.6) is 23.0 Å². The van der Waals surface area contributed by atoms with Crippen LogP contribution in [0.2, 0.25) is 0 Å². The number of nitrogens with two attached hydrogens (primary N) is 1. The number of hydrogen-bond acceptors (Lipinski definition) is 9. The molecule has 2 aliphatic rings. The molecule has 12 nitrogen and oxygen atoms in total. The Balaban J connectivity index is 1.36. The van der Waals surface area contributed by atoms with Crippen molar-refractivity contribution < 1.29 is 41.3 Å². The van der Waals surface area contributed by atoms with Crippen LogP contribution in [0.3, 0.4) is 0 Å². The number of urea groups is 1. The van der Waals surface area contributed by atoms with Crippen LogP contribution in [-0.2, 0) is 27.9 Å². The van der Waals surface area contributed by atoms with E-state index in [0.29, 0.717) is 41.2 Å². The number of aromatic hydroxyl groups is 1. The van der Waals surface area contributed by atoms with Crippen molar-refractivity contribution in [2.75, 3.05) is 38.5 Å². The third-order valence-electron chi connectivity index (χ3n) is 7.77. The van der Waals surface area contributed by atoms with Crippen molar-refractivity contribution in [3.8, 4) is 23.0 Å². The molecule has 1 fully saturated rings. The highest BCUT2D eigenvalue weighted by atomic mass is 32.2. The number of benzene rings is 3. The summed E-state index contributed by atoms with van der Waals surface area (Å²) in [6.45, 7) is 2.23. The van der Waals surface area contributed by atoms with E-state index in [1.807, 2.05) is 18.2 Å². The van der Waals surface area contributed by atoms with Gasteiger partial charge in [-0.25, -0.2) is 4.79 Å². The second-order valence-electron chi connectivity index (χ2n) is 11.6. The number of carbonyl (C=O) groups is 2. The summed E-state index contributed by atoms with van der Waals surface area (Å²) in [5.41, 5.74) is 8.57. The van der Waals surface area contributed by atoms with Crippen LogP contribution in [-0.4, -0.2) is 80.1 Å². The summed E-state index contributed by atoms with van der Waals surface area (Å²) in [4.78, 5) is 29.0. The van der Waals surface area contributed by atoms with E-state index in [-0.39, 0.29) is 24.7 Å². The number of nitrogens with zero attached hydrogens (tertiary/aromatic N) is 2. The molecule has 1 saturated heterocycles. The molecule has 2 aliphatic heterocycles. The highest BCUT2D eigenvalue weighted by Gasteiger charge is 2.41. The first-order valence-electron chi connectivity index (χ1n) is 14.3. The number of imide groups is 1. The zero-order valence-corrected chi connectivity index (χ0v) is 25.5. The first-order chi connectivity index (χ1) is 20.9. The quantitative estimate of drug-likeness (QED) is 0.240. The number of likely N-dealkylation sites (tertiary alicyclic amines) is 1. The van der Waals surface area contributed by atoms with E-state index in [4.69, 9.17) is 19.4 Å². The molecule has 0 aliphatic carbocycles. The van der Waals surface area contributed by atoms with Crippen molar-refractivity contribution in [3.63, 3.8) is 0 Å². The van der Waals surface area contributed by atoms with Gasteiger partial charge in [0.15, 0.2) is 11.5 Å². The maximum Gasteiger partial charge on any atom is 0.329 e. The molecule has 13 heteroatoms. The zero-order chi connectivity index (χ0) is 31.5. The summed E-state index contributed by atoms with van der Waals surface area (Å²) >= 11 is 0. The van der Waals surface area contributed by atoms with Crippen molar-refractivity contribution in [1.82, 2.24) is 4.90 Å². The number of anilines is 1. The topological polar surface area (TPSA) is 157 Å². The molecular weight excluding hydrogens is 588 g/mol. The Morgan fingerprint density at radius 2 is 1.75 bits per heavy atom. The first-order valence-corrected chi connectivity index (χ1v) is 16.1. The van der Waals surface area contributed by atoms with Crippen molar-refractivity contribution in [2.45, 2.75) is 37.9 Å². The molecule has 4 N–H and O–H groups in total. The van der Waals surface area contributed by atoms with Gasteiger partial charge in [-0.1, -0.05) is 12.1 Å². The lowest BCUT2D eigenvalue weighted by atomic mass is 9.98. The second kappa shape index (κ2) is 12.7. The van der Waals surface area contributed by atoms with E-state index in [9.17, 15) is 23.1 Å². The zero-order valence-electron chi connectivity index (χ0n) is 24.6. The van der Waals surface area contributed by atoms with E-state index < -0.39 is 34.1 Å². The number of piperidine rings is 1. The van der Waals surface area contributed by atoms with Crippen molar-refractivity contribution >= 4 is 27.7 Å². The van der Waals surface area contributed by atoms with Gasteiger partial charge >= 0.3 is 16.1 Å². The molecule has 0 aromatic heterocycles. The Labute approximate surface area is 256 Å². The lowest BCUT2D eigenvalue weighted by Gasteiger charge is -2.44. The molecule has 5 rings (SSSR count). The van der Waals surface area contributed by atoms with E-state index in [0.717, 1.165) is 30.3 Å². The third kappa shape index (κ3) is 7.78. The van der Waals surface area contributed by atoms with Crippen molar-refractivity contribution in [3.05, 3.63) is 77.9 Å². The summed E-state index contributed by atoms with van der Waals surface area (Å²) in [5, 5.41) is 12.4.